The molecular weight excluding hydrogens is 252 g/mol. The molecule has 0 bridgehead atoms. The van der Waals surface area contributed by atoms with Gasteiger partial charge in [-0.25, -0.2) is 0 Å². The third kappa shape index (κ3) is 2.99. The van der Waals surface area contributed by atoms with E-state index in [1.165, 1.54) is 6.92 Å². The number of hydrogen-bond acceptors (Lipinski definition) is 3. The molecule has 0 heterocycles. The zero-order chi connectivity index (χ0) is 14.5. The SMILES string of the molecule is COc1c(C(C)=O)ccc(OCc2ccccc2)c1C. The lowest BCUT2D eigenvalue weighted by Gasteiger charge is -2.14. The van der Waals surface area contributed by atoms with Crippen molar-refractivity contribution >= 4 is 5.78 Å². The van der Waals surface area contributed by atoms with Crippen LogP contribution >= 0.6 is 0 Å². The van der Waals surface area contributed by atoms with Crippen molar-refractivity contribution in [3.05, 3.63) is 59.2 Å². The molecule has 20 heavy (non-hydrogen) atoms. The summed E-state index contributed by atoms with van der Waals surface area (Å²) in [5.41, 5.74) is 2.52. The first-order valence-corrected chi connectivity index (χ1v) is 6.48. The van der Waals surface area contributed by atoms with E-state index in [1.54, 1.807) is 13.2 Å². The molecule has 2 aromatic rings. The van der Waals surface area contributed by atoms with Crippen molar-refractivity contribution in [2.75, 3.05) is 7.11 Å². The topological polar surface area (TPSA) is 35.5 Å². The lowest BCUT2D eigenvalue weighted by atomic mass is 10.1. The molecule has 0 amide bonds. The fraction of sp³-hybridized carbons (Fsp3) is 0.235. The molecular formula is C17H18O3. The number of Topliss-reactive ketones (excluding diaryl/α,β-unsaturated/α-hetero) is 1. The molecule has 0 unspecified atom stereocenters. The Morgan fingerprint density at radius 2 is 1.80 bits per heavy atom. The predicted octanol–water partition coefficient (Wildman–Crippen LogP) is 3.79. The first-order valence-electron chi connectivity index (χ1n) is 6.48. The minimum atomic E-state index is -0.0143. The zero-order valence-corrected chi connectivity index (χ0v) is 12.0. The number of ketones is 1. The summed E-state index contributed by atoms with van der Waals surface area (Å²) < 4.78 is 11.1. The van der Waals surface area contributed by atoms with Crippen molar-refractivity contribution in [3.8, 4) is 11.5 Å². The van der Waals surface area contributed by atoms with Gasteiger partial charge in [0, 0.05) is 5.56 Å². The van der Waals surface area contributed by atoms with E-state index in [0.717, 1.165) is 16.9 Å². The molecule has 0 radical (unpaired) electrons. The number of benzene rings is 2. The Morgan fingerprint density at radius 3 is 2.40 bits per heavy atom. The molecule has 2 rings (SSSR count). The van der Waals surface area contributed by atoms with Gasteiger partial charge in [0.25, 0.3) is 0 Å². The lowest BCUT2D eigenvalue weighted by Crippen LogP contribution is -2.03. The fourth-order valence-electron chi connectivity index (χ4n) is 2.11. The van der Waals surface area contributed by atoms with Crippen molar-refractivity contribution in [2.45, 2.75) is 20.5 Å². The Labute approximate surface area is 119 Å². The van der Waals surface area contributed by atoms with E-state index in [0.29, 0.717) is 17.9 Å². The van der Waals surface area contributed by atoms with Crippen molar-refractivity contribution in [2.24, 2.45) is 0 Å². The molecule has 0 saturated heterocycles. The zero-order valence-electron chi connectivity index (χ0n) is 12.0. The quantitative estimate of drug-likeness (QED) is 0.775. The van der Waals surface area contributed by atoms with Gasteiger partial charge in [0.2, 0.25) is 0 Å². The van der Waals surface area contributed by atoms with Crippen LogP contribution < -0.4 is 9.47 Å². The van der Waals surface area contributed by atoms with Crippen molar-refractivity contribution in [1.82, 2.24) is 0 Å². The summed E-state index contributed by atoms with van der Waals surface area (Å²) in [6.07, 6.45) is 0. The van der Waals surface area contributed by atoms with Crippen molar-refractivity contribution < 1.29 is 14.3 Å². The van der Waals surface area contributed by atoms with Gasteiger partial charge in [-0.05, 0) is 31.5 Å². The molecule has 0 aliphatic carbocycles. The summed E-state index contributed by atoms with van der Waals surface area (Å²) >= 11 is 0. The van der Waals surface area contributed by atoms with E-state index < -0.39 is 0 Å². The van der Waals surface area contributed by atoms with Crippen LogP contribution in [0.3, 0.4) is 0 Å². The van der Waals surface area contributed by atoms with Crippen LogP contribution in [0.5, 0.6) is 11.5 Å². The van der Waals surface area contributed by atoms with Crippen LogP contribution in [0.4, 0.5) is 0 Å². The predicted molar refractivity (Wildman–Crippen MR) is 78.5 cm³/mol. The minimum absolute atomic E-state index is 0.0143. The number of carbonyl (C=O) groups is 1. The highest BCUT2D eigenvalue weighted by molar-refractivity contribution is 5.97. The molecule has 0 fully saturated rings. The third-order valence-electron chi connectivity index (χ3n) is 3.18. The summed E-state index contributed by atoms with van der Waals surface area (Å²) in [6, 6.07) is 13.5. The standard InChI is InChI=1S/C17H18O3/c1-12-16(20-11-14-7-5-4-6-8-14)10-9-15(13(2)18)17(12)19-3/h4-10H,11H2,1-3H3. The number of carbonyl (C=O) groups excluding carboxylic acids is 1. The Hall–Kier alpha value is -2.29. The molecule has 0 atom stereocenters. The largest absolute Gasteiger partial charge is 0.496 e. The van der Waals surface area contributed by atoms with E-state index in [2.05, 4.69) is 0 Å². The van der Waals surface area contributed by atoms with Crippen molar-refractivity contribution in [3.63, 3.8) is 0 Å². The molecule has 0 saturated carbocycles. The number of ether oxygens (including phenoxy) is 2. The average molecular weight is 270 g/mol. The maximum atomic E-state index is 11.5. The Bertz CT molecular complexity index is 603. The van der Waals surface area contributed by atoms with Gasteiger partial charge < -0.3 is 9.47 Å². The number of hydrogen-bond donors (Lipinski definition) is 0. The van der Waals surface area contributed by atoms with E-state index in [-0.39, 0.29) is 5.78 Å². The molecule has 104 valence electrons. The second kappa shape index (κ2) is 6.24. The third-order valence-corrected chi connectivity index (χ3v) is 3.18. The van der Waals surface area contributed by atoms with Gasteiger partial charge in [0.15, 0.2) is 5.78 Å². The van der Waals surface area contributed by atoms with Crippen LogP contribution in [0.25, 0.3) is 0 Å². The maximum absolute atomic E-state index is 11.5. The summed E-state index contributed by atoms with van der Waals surface area (Å²) in [5.74, 6) is 1.30. The Morgan fingerprint density at radius 1 is 1.10 bits per heavy atom. The van der Waals surface area contributed by atoms with E-state index >= 15 is 0 Å². The number of rotatable bonds is 5. The van der Waals surface area contributed by atoms with Gasteiger partial charge in [-0.2, -0.15) is 0 Å². The van der Waals surface area contributed by atoms with E-state index in [9.17, 15) is 4.79 Å². The van der Waals surface area contributed by atoms with Crippen molar-refractivity contribution in [1.29, 1.82) is 0 Å². The molecule has 0 N–H and O–H groups in total. The summed E-state index contributed by atoms with van der Waals surface area (Å²) in [5, 5.41) is 0. The molecule has 2 aromatic carbocycles. The molecule has 0 aliphatic heterocycles. The van der Waals surface area contributed by atoms with Crippen LogP contribution in [0.1, 0.15) is 28.4 Å². The Balaban J connectivity index is 2.23. The summed E-state index contributed by atoms with van der Waals surface area (Å²) in [4.78, 5) is 11.5. The van der Waals surface area contributed by atoms with Crippen LogP contribution in [0.2, 0.25) is 0 Å². The second-order valence-corrected chi connectivity index (χ2v) is 4.60. The minimum Gasteiger partial charge on any atom is -0.496 e. The van der Waals surface area contributed by atoms with E-state index in [1.807, 2.05) is 43.3 Å². The Kier molecular flexibility index (Phi) is 4.41. The second-order valence-electron chi connectivity index (χ2n) is 4.60. The molecule has 0 aliphatic rings. The summed E-state index contributed by atoms with van der Waals surface area (Å²) in [6.45, 7) is 3.91. The highest BCUT2D eigenvalue weighted by atomic mass is 16.5. The smallest absolute Gasteiger partial charge is 0.163 e. The van der Waals surface area contributed by atoms with Crippen LogP contribution in [-0.2, 0) is 6.61 Å². The van der Waals surface area contributed by atoms with Gasteiger partial charge in [-0.1, -0.05) is 30.3 Å². The van der Waals surface area contributed by atoms with Gasteiger partial charge in [0.05, 0.1) is 12.7 Å². The highest BCUT2D eigenvalue weighted by Gasteiger charge is 2.14. The molecule has 0 aromatic heterocycles. The van der Waals surface area contributed by atoms with Gasteiger partial charge in [0.1, 0.15) is 18.1 Å². The molecule has 3 nitrogen and oxygen atoms in total. The fourth-order valence-corrected chi connectivity index (χ4v) is 2.11. The molecule has 3 heteroatoms. The average Bonchev–Trinajstić information content (AvgIpc) is 2.46. The number of methoxy groups -OCH3 is 1. The van der Waals surface area contributed by atoms with Gasteiger partial charge >= 0.3 is 0 Å². The van der Waals surface area contributed by atoms with Crippen LogP contribution in [0, 0.1) is 6.92 Å². The van der Waals surface area contributed by atoms with Crippen LogP contribution in [0.15, 0.2) is 42.5 Å². The monoisotopic (exact) mass is 270 g/mol. The first kappa shape index (κ1) is 14.1. The lowest BCUT2D eigenvalue weighted by molar-refractivity contribution is 0.101. The van der Waals surface area contributed by atoms with Gasteiger partial charge in [-0.3, -0.25) is 4.79 Å². The van der Waals surface area contributed by atoms with E-state index in [4.69, 9.17) is 9.47 Å². The normalized spacial score (nSPS) is 10.2. The summed E-state index contributed by atoms with van der Waals surface area (Å²) in [7, 11) is 1.57. The maximum Gasteiger partial charge on any atom is 0.163 e. The van der Waals surface area contributed by atoms with Crippen LogP contribution in [-0.4, -0.2) is 12.9 Å². The molecule has 0 spiro atoms. The first-order chi connectivity index (χ1) is 9.63. The highest BCUT2D eigenvalue weighted by Crippen LogP contribution is 2.32. The van der Waals surface area contributed by atoms with Gasteiger partial charge in [-0.15, -0.1) is 0 Å².